The van der Waals surface area contributed by atoms with Gasteiger partial charge in [0.1, 0.15) is 5.82 Å². The number of aromatic amines is 1. The minimum absolute atomic E-state index is 0. The summed E-state index contributed by atoms with van der Waals surface area (Å²) in [6.07, 6.45) is 4.39. The average Bonchev–Trinajstić information content (AvgIpc) is 2.90. The largest absolute Gasteiger partial charge is 0.348 e. The summed E-state index contributed by atoms with van der Waals surface area (Å²) in [7, 11) is 0. The SMILES string of the molecule is Cl.c1ccc(-c2c[nH]c(C3CCNCC3)n2)cc1. The predicted octanol–water partition coefficient (Wildman–Crippen LogP) is 2.97. The van der Waals surface area contributed by atoms with Crippen LogP contribution in [0.25, 0.3) is 11.3 Å². The summed E-state index contributed by atoms with van der Waals surface area (Å²) in [4.78, 5) is 8.06. The fourth-order valence-electron chi connectivity index (χ4n) is 2.40. The third-order valence-corrected chi connectivity index (χ3v) is 3.39. The summed E-state index contributed by atoms with van der Waals surface area (Å²) in [6, 6.07) is 10.3. The maximum Gasteiger partial charge on any atom is 0.110 e. The predicted molar refractivity (Wildman–Crippen MR) is 76.1 cm³/mol. The van der Waals surface area contributed by atoms with Crippen molar-refractivity contribution in [1.29, 1.82) is 0 Å². The zero-order valence-electron chi connectivity index (χ0n) is 10.2. The summed E-state index contributed by atoms with van der Waals surface area (Å²) in [5.74, 6) is 1.74. The number of imidazole rings is 1. The van der Waals surface area contributed by atoms with Crippen LogP contribution in [0.4, 0.5) is 0 Å². The molecule has 2 aromatic rings. The normalized spacial score (nSPS) is 16.2. The number of hydrogen-bond donors (Lipinski definition) is 2. The Labute approximate surface area is 113 Å². The molecule has 1 aliphatic rings. The molecule has 0 radical (unpaired) electrons. The quantitative estimate of drug-likeness (QED) is 0.875. The highest BCUT2D eigenvalue weighted by Gasteiger charge is 2.18. The summed E-state index contributed by atoms with van der Waals surface area (Å²) in [5.41, 5.74) is 2.24. The molecule has 2 heterocycles. The van der Waals surface area contributed by atoms with Crippen molar-refractivity contribution in [3.05, 3.63) is 42.4 Å². The van der Waals surface area contributed by atoms with Crippen molar-refractivity contribution in [2.45, 2.75) is 18.8 Å². The van der Waals surface area contributed by atoms with Crippen LogP contribution in [0.2, 0.25) is 0 Å². The molecule has 3 rings (SSSR count). The van der Waals surface area contributed by atoms with Crippen LogP contribution < -0.4 is 5.32 Å². The second-order valence-electron chi connectivity index (χ2n) is 4.56. The second kappa shape index (κ2) is 6.03. The Bertz CT molecular complexity index is 475. The van der Waals surface area contributed by atoms with Crippen LogP contribution in [-0.2, 0) is 0 Å². The molecule has 1 aromatic heterocycles. The molecule has 0 unspecified atom stereocenters. The molecule has 1 fully saturated rings. The van der Waals surface area contributed by atoms with Crippen molar-refractivity contribution in [2.24, 2.45) is 0 Å². The van der Waals surface area contributed by atoms with Crippen LogP contribution in [0.1, 0.15) is 24.6 Å². The van der Waals surface area contributed by atoms with Crippen molar-refractivity contribution < 1.29 is 0 Å². The van der Waals surface area contributed by atoms with Gasteiger partial charge < -0.3 is 10.3 Å². The van der Waals surface area contributed by atoms with Gasteiger partial charge in [0.2, 0.25) is 0 Å². The number of nitrogens with one attached hydrogen (secondary N) is 2. The Morgan fingerprint density at radius 2 is 1.78 bits per heavy atom. The highest BCUT2D eigenvalue weighted by atomic mass is 35.5. The van der Waals surface area contributed by atoms with Crippen molar-refractivity contribution in [3.8, 4) is 11.3 Å². The Hall–Kier alpha value is -1.32. The first-order chi connectivity index (χ1) is 8.43. The van der Waals surface area contributed by atoms with E-state index >= 15 is 0 Å². The van der Waals surface area contributed by atoms with Gasteiger partial charge in [-0.3, -0.25) is 0 Å². The van der Waals surface area contributed by atoms with E-state index in [4.69, 9.17) is 4.98 Å². The first kappa shape index (κ1) is 13.1. The van der Waals surface area contributed by atoms with Crippen LogP contribution in [-0.4, -0.2) is 23.1 Å². The van der Waals surface area contributed by atoms with E-state index in [-0.39, 0.29) is 12.4 Å². The number of hydrogen-bond acceptors (Lipinski definition) is 2. The molecule has 1 aliphatic heterocycles. The lowest BCUT2D eigenvalue weighted by Crippen LogP contribution is -2.27. The number of rotatable bonds is 2. The molecule has 0 atom stereocenters. The molecule has 0 aliphatic carbocycles. The first-order valence-electron chi connectivity index (χ1n) is 6.25. The molecule has 0 amide bonds. The Morgan fingerprint density at radius 1 is 1.06 bits per heavy atom. The van der Waals surface area contributed by atoms with Gasteiger partial charge in [0.15, 0.2) is 0 Å². The minimum atomic E-state index is 0. The van der Waals surface area contributed by atoms with E-state index in [1.165, 1.54) is 18.4 Å². The molecule has 3 nitrogen and oxygen atoms in total. The third kappa shape index (κ3) is 2.74. The monoisotopic (exact) mass is 263 g/mol. The maximum atomic E-state index is 4.72. The highest BCUT2D eigenvalue weighted by molar-refractivity contribution is 5.85. The molecule has 18 heavy (non-hydrogen) atoms. The summed E-state index contributed by atoms with van der Waals surface area (Å²) in [5, 5.41) is 3.38. The molecular weight excluding hydrogens is 246 g/mol. The van der Waals surface area contributed by atoms with Crippen LogP contribution in [0.5, 0.6) is 0 Å². The van der Waals surface area contributed by atoms with E-state index < -0.39 is 0 Å². The lowest BCUT2D eigenvalue weighted by Gasteiger charge is -2.20. The molecule has 0 spiro atoms. The van der Waals surface area contributed by atoms with Gasteiger partial charge in [-0.05, 0) is 25.9 Å². The molecular formula is C14H18ClN3. The number of benzene rings is 1. The van der Waals surface area contributed by atoms with Crippen molar-refractivity contribution in [2.75, 3.05) is 13.1 Å². The van der Waals surface area contributed by atoms with Gasteiger partial charge >= 0.3 is 0 Å². The molecule has 0 saturated carbocycles. The van der Waals surface area contributed by atoms with Crippen LogP contribution in [0, 0.1) is 0 Å². The van der Waals surface area contributed by atoms with Crippen LogP contribution in [0.3, 0.4) is 0 Å². The van der Waals surface area contributed by atoms with Crippen LogP contribution >= 0.6 is 12.4 Å². The maximum absolute atomic E-state index is 4.72. The van der Waals surface area contributed by atoms with E-state index in [0.717, 1.165) is 24.6 Å². The molecule has 0 bridgehead atoms. The van der Waals surface area contributed by atoms with Gasteiger partial charge in [-0.25, -0.2) is 4.98 Å². The van der Waals surface area contributed by atoms with Crippen molar-refractivity contribution in [1.82, 2.24) is 15.3 Å². The van der Waals surface area contributed by atoms with Crippen molar-refractivity contribution in [3.63, 3.8) is 0 Å². The smallest absolute Gasteiger partial charge is 0.110 e. The fourth-order valence-corrected chi connectivity index (χ4v) is 2.40. The molecule has 96 valence electrons. The van der Waals surface area contributed by atoms with E-state index in [9.17, 15) is 0 Å². The Balaban J connectivity index is 0.00000120. The standard InChI is InChI=1S/C14H17N3.ClH/c1-2-4-11(5-3-1)13-10-16-14(17-13)12-6-8-15-9-7-12;/h1-5,10,12,15H,6-9H2,(H,16,17);1H. The van der Waals surface area contributed by atoms with Crippen molar-refractivity contribution >= 4 is 12.4 Å². The van der Waals surface area contributed by atoms with E-state index in [0.29, 0.717) is 5.92 Å². The average molecular weight is 264 g/mol. The van der Waals surface area contributed by atoms with Gasteiger partial charge in [0.05, 0.1) is 5.69 Å². The lowest BCUT2D eigenvalue weighted by molar-refractivity contribution is 0.447. The topological polar surface area (TPSA) is 40.7 Å². The minimum Gasteiger partial charge on any atom is -0.348 e. The zero-order chi connectivity index (χ0) is 11.5. The van der Waals surface area contributed by atoms with Crippen LogP contribution in [0.15, 0.2) is 36.5 Å². The lowest BCUT2D eigenvalue weighted by atomic mass is 9.98. The zero-order valence-corrected chi connectivity index (χ0v) is 11.0. The Morgan fingerprint density at radius 3 is 2.50 bits per heavy atom. The summed E-state index contributed by atoms with van der Waals surface area (Å²) in [6.45, 7) is 2.21. The molecule has 1 aromatic carbocycles. The number of nitrogens with zero attached hydrogens (tertiary/aromatic N) is 1. The van der Waals surface area contributed by atoms with Gasteiger partial charge in [0, 0.05) is 17.7 Å². The fraction of sp³-hybridized carbons (Fsp3) is 0.357. The number of halogens is 1. The number of piperidine rings is 1. The third-order valence-electron chi connectivity index (χ3n) is 3.39. The van der Waals surface area contributed by atoms with Gasteiger partial charge in [-0.1, -0.05) is 30.3 Å². The number of aromatic nitrogens is 2. The highest BCUT2D eigenvalue weighted by Crippen LogP contribution is 2.25. The van der Waals surface area contributed by atoms with E-state index in [1.54, 1.807) is 0 Å². The second-order valence-corrected chi connectivity index (χ2v) is 4.56. The number of H-pyrrole nitrogens is 1. The van der Waals surface area contributed by atoms with E-state index in [2.05, 4.69) is 22.4 Å². The van der Waals surface area contributed by atoms with Gasteiger partial charge in [0.25, 0.3) is 0 Å². The van der Waals surface area contributed by atoms with Gasteiger partial charge in [-0.2, -0.15) is 0 Å². The Kier molecular flexibility index (Phi) is 4.39. The molecule has 4 heteroatoms. The molecule has 2 N–H and O–H groups in total. The molecule has 1 saturated heterocycles. The van der Waals surface area contributed by atoms with E-state index in [1.807, 2.05) is 24.4 Å². The summed E-state index contributed by atoms with van der Waals surface area (Å²) < 4.78 is 0. The summed E-state index contributed by atoms with van der Waals surface area (Å²) >= 11 is 0. The van der Waals surface area contributed by atoms with Gasteiger partial charge in [-0.15, -0.1) is 12.4 Å². The first-order valence-corrected chi connectivity index (χ1v) is 6.25.